The van der Waals surface area contributed by atoms with E-state index in [1.54, 1.807) is 0 Å². The van der Waals surface area contributed by atoms with Crippen LogP contribution in [0.25, 0.3) is 6.08 Å². The van der Waals surface area contributed by atoms with Crippen molar-refractivity contribution in [1.29, 1.82) is 0 Å². The highest BCUT2D eigenvalue weighted by Crippen LogP contribution is 2.41. The Bertz CT molecular complexity index is 1060. The molecule has 4 nitrogen and oxygen atoms in total. The van der Waals surface area contributed by atoms with Crippen molar-refractivity contribution in [1.82, 2.24) is 16.0 Å². The summed E-state index contributed by atoms with van der Waals surface area (Å²) in [5.74, 6) is -2.40. The van der Waals surface area contributed by atoms with Gasteiger partial charge in [-0.2, -0.15) is 13.2 Å². The first kappa shape index (κ1) is 28.5. The third-order valence-corrected chi connectivity index (χ3v) is 6.27. The second-order valence-corrected chi connectivity index (χ2v) is 8.97. The van der Waals surface area contributed by atoms with Crippen LogP contribution in [-0.4, -0.2) is 36.8 Å². The molecular formula is C22H20Cl4F3N3OS. The summed E-state index contributed by atoms with van der Waals surface area (Å²) in [5.41, 5.74) is 0.406. The van der Waals surface area contributed by atoms with Gasteiger partial charge in [0.15, 0.2) is 5.11 Å². The van der Waals surface area contributed by atoms with Crippen LogP contribution >= 0.6 is 58.6 Å². The molecule has 0 fully saturated rings. The van der Waals surface area contributed by atoms with Gasteiger partial charge in [-0.15, -0.1) is 0 Å². The first-order valence-electron chi connectivity index (χ1n) is 9.92. The molecule has 0 heterocycles. The number of alkyl halides is 3. The van der Waals surface area contributed by atoms with Crippen LogP contribution in [0.15, 0.2) is 36.4 Å². The highest BCUT2D eigenvalue weighted by atomic mass is 35.5. The Morgan fingerprint density at radius 2 is 1.62 bits per heavy atom. The Balaban J connectivity index is 2.12. The van der Waals surface area contributed by atoms with E-state index in [-0.39, 0.29) is 31.2 Å². The summed E-state index contributed by atoms with van der Waals surface area (Å²) in [5, 5.41) is 8.92. The Kier molecular flexibility index (Phi) is 10.8. The van der Waals surface area contributed by atoms with Gasteiger partial charge in [0.2, 0.25) is 0 Å². The van der Waals surface area contributed by atoms with Gasteiger partial charge in [-0.1, -0.05) is 64.6 Å². The Labute approximate surface area is 220 Å². The number of hydrogen-bond donors (Lipinski definition) is 3. The van der Waals surface area contributed by atoms with Crippen LogP contribution in [0, 0.1) is 0 Å². The number of carbonyl (C=O) groups excluding carboxylic acids is 1. The molecule has 2 aromatic rings. The van der Waals surface area contributed by atoms with Crippen LogP contribution in [-0.2, 0) is 0 Å². The number of halogens is 7. The highest BCUT2D eigenvalue weighted by Gasteiger charge is 2.39. The minimum absolute atomic E-state index is 0.0197. The van der Waals surface area contributed by atoms with Crippen molar-refractivity contribution >= 4 is 75.7 Å². The molecule has 0 aliphatic carbocycles. The monoisotopic (exact) mass is 571 g/mol. The minimum Gasteiger partial charge on any atom is -0.363 e. The SMILES string of the molecule is CCNC(=S)NCCNC(=O)c1ccc(C=CC(c2cc(Cl)c(Cl)c(Cl)c2)C(F)(F)F)cc1Cl. The molecule has 0 saturated heterocycles. The zero-order valence-corrected chi connectivity index (χ0v) is 21.5. The average molecular weight is 573 g/mol. The number of benzene rings is 2. The number of amides is 1. The minimum atomic E-state index is -4.61. The molecule has 2 aromatic carbocycles. The summed E-state index contributed by atoms with van der Waals surface area (Å²) >= 11 is 28.9. The lowest BCUT2D eigenvalue weighted by Gasteiger charge is -2.18. The molecule has 0 saturated carbocycles. The van der Waals surface area contributed by atoms with Crippen molar-refractivity contribution in [2.24, 2.45) is 0 Å². The Morgan fingerprint density at radius 3 is 2.18 bits per heavy atom. The van der Waals surface area contributed by atoms with E-state index in [1.165, 1.54) is 24.3 Å². The molecule has 1 atom stereocenters. The molecular weight excluding hydrogens is 553 g/mol. The van der Waals surface area contributed by atoms with Gasteiger partial charge in [0, 0.05) is 19.6 Å². The standard InChI is InChI=1S/C22H20Cl4F3N3OS/c1-2-30-21(34)32-8-7-31-20(33)14-5-3-12(9-16(14)23)4-6-15(22(27,28)29)13-10-17(24)19(26)18(25)11-13/h3-6,9-11,15H,2,7-8H2,1H3,(H,31,33)(H2,30,32,34). The smallest absolute Gasteiger partial charge is 0.363 e. The van der Waals surface area contributed by atoms with Gasteiger partial charge in [0.1, 0.15) is 0 Å². The van der Waals surface area contributed by atoms with Gasteiger partial charge in [0.25, 0.3) is 5.91 Å². The molecule has 0 radical (unpaired) electrons. The van der Waals surface area contributed by atoms with Crippen LogP contribution in [0.1, 0.15) is 34.3 Å². The predicted octanol–water partition coefficient (Wildman–Crippen LogP) is 6.87. The van der Waals surface area contributed by atoms with Crippen LogP contribution in [0.3, 0.4) is 0 Å². The third kappa shape index (κ3) is 8.20. The van der Waals surface area contributed by atoms with E-state index in [4.69, 9.17) is 58.6 Å². The number of hydrogen-bond acceptors (Lipinski definition) is 2. The van der Waals surface area contributed by atoms with Crippen molar-refractivity contribution < 1.29 is 18.0 Å². The Morgan fingerprint density at radius 1 is 1.00 bits per heavy atom. The van der Waals surface area contributed by atoms with E-state index in [0.29, 0.717) is 30.3 Å². The number of thiocarbonyl (C=S) groups is 1. The van der Waals surface area contributed by atoms with Gasteiger partial charge in [-0.3, -0.25) is 4.79 Å². The van der Waals surface area contributed by atoms with Crippen molar-refractivity contribution in [3.63, 3.8) is 0 Å². The zero-order chi connectivity index (χ0) is 25.5. The van der Waals surface area contributed by atoms with Gasteiger partial charge in [-0.25, -0.2) is 0 Å². The molecule has 0 aromatic heterocycles. The number of nitrogens with one attached hydrogen (secondary N) is 3. The van der Waals surface area contributed by atoms with E-state index in [0.717, 1.165) is 18.2 Å². The van der Waals surface area contributed by atoms with Crippen molar-refractivity contribution in [2.45, 2.75) is 19.0 Å². The summed E-state index contributed by atoms with van der Waals surface area (Å²) < 4.78 is 41.1. The van der Waals surface area contributed by atoms with E-state index in [2.05, 4.69) is 16.0 Å². The van der Waals surface area contributed by atoms with Gasteiger partial charge in [-0.05, 0) is 54.5 Å². The fourth-order valence-corrected chi connectivity index (χ4v) is 3.99. The van der Waals surface area contributed by atoms with Crippen molar-refractivity contribution in [2.75, 3.05) is 19.6 Å². The fraction of sp³-hybridized carbons (Fsp3) is 0.273. The first-order valence-corrected chi connectivity index (χ1v) is 11.8. The second kappa shape index (κ2) is 12.8. The van der Waals surface area contributed by atoms with E-state index in [1.807, 2.05) is 6.92 Å². The fourth-order valence-electron chi connectivity index (χ4n) is 2.86. The summed E-state index contributed by atoms with van der Waals surface area (Å²) in [6.45, 7) is 3.29. The van der Waals surface area contributed by atoms with E-state index in [9.17, 15) is 18.0 Å². The van der Waals surface area contributed by atoms with Gasteiger partial charge >= 0.3 is 6.18 Å². The van der Waals surface area contributed by atoms with Crippen LogP contribution in [0.2, 0.25) is 20.1 Å². The molecule has 34 heavy (non-hydrogen) atoms. The zero-order valence-electron chi connectivity index (χ0n) is 17.7. The highest BCUT2D eigenvalue weighted by molar-refractivity contribution is 7.80. The molecule has 1 unspecified atom stereocenters. The molecule has 12 heteroatoms. The van der Waals surface area contributed by atoms with Gasteiger partial charge < -0.3 is 16.0 Å². The summed E-state index contributed by atoms with van der Waals surface area (Å²) in [4.78, 5) is 12.3. The summed E-state index contributed by atoms with van der Waals surface area (Å²) in [6.07, 6.45) is -2.39. The lowest BCUT2D eigenvalue weighted by Crippen LogP contribution is -2.40. The topological polar surface area (TPSA) is 53.2 Å². The number of allylic oxidation sites excluding steroid dienone is 1. The lowest BCUT2D eigenvalue weighted by molar-refractivity contribution is -0.139. The maximum Gasteiger partial charge on any atom is 0.399 e. The second-order valence-electron chi connectivity index (χ2n) is 6.96. The quantitative estimate of drug-likeness (QED) is 0.183. The van der Waals surface area contributed by atoms with Crippen LogP contribution < -0.4 is 16.0 Å². The molecule has 0 spiro atoms. The molecule has 2 rings (SSSR count). The summed E-state index contributed by atoms with van der Waals surface area (Å²) in [7, 11) is 0. The maximum atomic E-state index is 13.7. The van der Waals surface area contributed by atoms with Crippen LogP contribution in [0.4, 0.5) is 13.2 Å². The van der Waals surface area contributed by atoms with Crippen LogP contribution in [0.5, 0.6) is 0 Å². The molecule has 1 amide bonds. The largest absolute Gasteiger partial charge is 0.399 e. The van der Waals surface area contributed by atoms with E-state index >= 15 is 0 Å². The maximum absolute atomic E-state index is 13.7. The first-order chi connectivity index (χ1) is 15.9. The number of rotatable bonds is 8. The third-order valence-electron chi connectivity index (χ3n) is 4.47. The Hall–Kier alpha value is -1.71. The van der Waals surface area contributed by atoms with Crippen molar-refractivity contribution in [3.05, 3.63) is 73.2 Å². The van der Waals surface area contributed by atoms with Crippen molar-refractivity contribution in [3.8, 4) is 0 Å². The molecule has 184 valence electrons. The average Bonchev–Trinajstić information content (AvgIpc) is 2.74. The predicted molar refractivity (Wildman–Crippen MR) is 137 cm³/mol. The van der Waals surface area contributed by atoms with E-state index < -0.39 is 18.0 Å². The number of carbonyl (C=O) groups is 1. The normalized spacial score (nSPS) is 12.5. The summed E-state index contributed by atoms with van der Waals surface area (Å²) in [6, 6.07) is 6.58. The lowest BCUT2D eigenvalue weighted by atomic mass is 9.97. The molecule has 3 N–H and O–H groups in total. The van der Waals surface area contributed by atoms with Gasteiger partial charge in [0.05, 0.1) is 31.6 Å². The molecule has 0 bridgehead atoms. The molecule has 0 aliphatic rings. The molecule has 0 aliphatic heterocycles.